The number of hydrogen-bond acceptors (Lipinski definition) is 6. The van der Waals surface area contributed by atoms with Crippen LogP contribution in [0.4, 0.5) is 0 Å². The van der Waals surface area contributed by atoms with Crippen LogP contribution < -0.4 is 0 Å². The summed E-state index contributed by atoms with van der Waals surface area (Å²) in [5, 5.41) is 9.55. The number of thioether (sulfide) groups is 1. The van der Waals surface area contributed by atoms with Gasteiger partial charge in [-0.05, 0) is 24.3 Å². The molecule has 28 heavy (non-hydrogen) atoms. The van der Waals surface area contributed by atoms with Gasteiger partial charge in [-0.25, -0.2) is 9.97 Å². The van der Waals surface area contributed by atoms with Gasteiger partial charge in [-0.15, -0.1) is 10.2 Å². The Morgan fingerprint density at radius 3 is 2.61 bits per heavy atom. The molecule has 0 bridgehead atoms. The second-order valence-corrected chi connectivity index (χ2v) is 7.00. The average molecular weight is 385 g/mol. The fraction of sp³-hybridized carbons (Fsp3) is 0.0500. The van der Waals surface area contributed by atoms with Crippen molar-refractivity contribution in [3.05, 3.63) is 79.0 Å². The largest absolute Gasteiger partial charge is 0.341 e. The van der Waals surface area contributed by atoms with Crippen molar-refractivity contribution in [3.8, 4) is 17.2 Å². The highest BCUT2D eigenvalue weighted by atomic mass is 32.2. The van der Waals surface area contributed by atoms with Crippen LogP contribution in [-0.2, 0) is 5.75 Å². The van der Waals surface area contributed by atoms with Crippen molar-refractivity contribution < 1.29 is 0 Å². The fourth-order valence-electron chi connectivity index (χ4n) is 2.96. The maximum Gasteiger partial charge on any atom is 0.196 e. The Hall–Kier alpha value is -3.52. The first-order valence-corrected chi connectivity index (χ1v) is 9.71. The SMILES string of the molecule is c1ccc(-n2c(SCc3nc4ccccc4[nH]3)nnc2-c2cnccn2)cc1. The van der Waals surface area contributed by atoms with E-state index in [0.717, 1.165) is 27.7 Å². The molecule has 0 amide bonds. The zero-order valence-electron chi connectivity index (χ0n) is 14.7. The van der Waals surface area contributed by atoms with Gasteiger partial charge < -0.3 is 4.98 Å². The number of rotatable bonds is 5. The monoisotopic (exact) mass is 385 g/mol. The normalized spacial score (nSPS) is 11.1. The third-order valence-corrected chi connectivity index (χ3v) is 5.16. The molecule has 0 radical (unpaired) electrons. The molecule has 0 spiro atoms. The molecular formula is C20H15N7S. The minimum Gasteiger partial charge on any atom is -0.341 e. The summed E-state index contributed by atoms with van der Waals surface area (Å²) in [5.41, 5.74) is 3.64. The van der Waals surface area contributed by atoms with Crippen molar-refractivity contribution >= 4 is 22.8 Å². The molecule has 8 heteroatoms. The van der Waals surface area contributed by atoms with Crippen LogP contribution >= 0.6 is 11.8 Å². The molecule has 1 N–H and O–H groups in total. The maximum absolute atomic E-state index is 4.64. The van der Waals surface area contributed by atoms with Crippen molar-refractivity contribution in [1.29, 1.82) is 0 Å². The van der Waals surface area contributed by atoms with E-state index < -0.39 is 0 Å². The number of fused-ring (bicyclic) bond motifs is 1. The van der Waals surface area contributed by atoms with E-state index in [4.69, 9.17) is 0 Å². The van der Waals surface area contributed by atoms with Crippen molar-refractivity contribution in [1.82, 2.24) is 34.7 Å². The molecule has 2 aromatic carbocycles. The van der Waals surface area contributed by atoms with E-state index in [1.165, 1.54) is 0 Å². The average Bonchev–Trinajstić information content (AvgIpc) is 3.37. The van der Waals surface area contributed by atoms with Crippen LogP contribution in [0.5, 0.6) is 0 Å². The van der Waals surface area contributed by atoms with Gasteiger partial charge >= 0.3 is 0 Å². The lowest BCUT2D eigenvalue weighted by Gasteiger charge is -2.09. The highest BCUT2D eigenvalue weighted by Gasteiger charge is 2.17. The maximum atomic E-state index is 4.64. The Kier molecular flexibility index (Phi) is 4.30. The molecule has 5 rings (SSSR count). The van der Waals surface area contributed by atoms with Gasteiger partial charge in [0.2, 0.25) is 0 Å². The molecule has 5 aromatic rings. The molecule has 136 valence electrons. The van der Waals surface area contributed by atoms with Gasteiger partial charge in [-0.3, -0.25) is 9.55 Å². The van der Waals surface area contributed by atoms with Crippen molar-refractivity contribution in [2.45, 2.75) is 10.9 Å². The molecular weight excluding hydrogens is 370 g/mol. The third-order valence-electron chi connectivity index (χ3n) is 4.22. The predicted molar refractivity (Wildman–Crippen MR) is 108 cm³/mol. The molecule has 0 fully saturated rings. The minimum atomic E-state index is 0.653. The van der Waals surface area contributed by atoms with Crippen LogP contribution in [0, 0.1) is 0 Å². The number of nitrogens with zero attached hydrogens (tertiary/aromatic N) is 6. The quantitative estimate of drug-likeness (QED) is 0.462. The molecule has 3 aromatic heterocycles. The van der Waals surface area contributed by atoms with Gasteiger partial charge in [0.15, 0.2) is 11.0 Å². The Balaban J connectivity index is 1.51. The summed E-state index contributed by atoms with van der Waals surface area (Å²) in [6.45, 7) is 0. The smallest absolute Gasteiger partial charge is 0.196 e. The Morgan fingerprint density at radius 1 is 0.929 bits per heavy atom. The minimum absolute atomic E-state index is 0.653. The van der Waals surface area contributed by atoms with Crippen LogP contribution in [0.3, 0.4) is 0 Å². The van der Waals surface area contributed by atoms with Gasteiger partial charge in [0.25, 0.3) is 0 Å². The van der Waals surface area contributed by atoms with E-state index in [0.29, 0.717) is 17.3 Å². The highest BCUT2D eigenvalue weighted by Crippen LogP contribution is 2.28. The number of nitrogens with one attached hydrogen (secondary N) is 1. The fourth-order valence-corrected chi connectivity index (χ4v) is 3.78. The molecule has 0 saturated carbocycles. The lowest BCUT2D eigenvalue weighted by atomic mass is 10.3. The highest BCUT2D eigenvalue weighted by molar-refractivity contribution is 7.98. The summed E-state index contributed by atoms with van der Waals surface area (Å²) >= 11 is 1.57. The molecule has 0 aliphatic carbocycles. The number of aromatic nitrogens is 7. The number of para-hydroxylation sites is 3. The summed E-state index contributed by atoms with van der Waals surface area (Å²) in [6.07, 6.45) is 4.99. The van der Waals surface area contributed by atoms with Crippen molar-refractivity contribution in [2.24, 2.45) is 0 Å². The van der Waals surface area contributed by atoms with E-state index >= 15 is 0 Å². The topological polar surface area (TPSA) is 85.2 Å². The standard InChI is InChI=1S/C20H15N7S/c1-2-6-14(7-3-1)27-19(17-12-21-10-11-22-17)25-26-20(27)28-13-18-23-15-8-4-5-9-16(15)24-18/h1-12H,13H2,(H,23,24). The van der Waals surface area contributed by atoms with Crippen molar-refractivity contribution in [2.75, 3.05) is 0 Å². The van der Waals surface area contributed by atoms with Crippen LogP contribution in [0.25, 0.3) is 28.2 Å². The summed E-state index contributed by atoms with van der Waals surface area (Å²) in [5.74, 6) is 2.21. The van der Waals surface area contributed by atoms with E-state index in [2.05, 4.69) is 30.1 Å². The van der Waals surface area contributed by atoms with Crippen LogP contribution in [-0.4, -0.2) is 34.7 Å². The number of H-pyrrole nitrogens is 1. The van der Waals surface area contributed by atoms with Gasteiger partial charge in [0.05, 0.1) is 23.0 Å². The second-order valence-electron chi connectivity index (χ2n) is 6.06. The van der Waals surface area contributed by atoms with Crippen LogP contribution in [0.15, 0.2) is 78.3 Å². The first kappa shape index (κ1) is 16.6. The summed E-state index contributed by atoms with van der Waals surface area (Å²) < 4.78 is 2.00. The van der Waals surface area contributed by atoms with E-state index in [-0.39, 0.29) is 0 Å². The number of benzene rings is 2. The molecule has 0 saturated heterocycles. The predicted octanol–water partition coefficient (Wildman–Crippen LogP) is 3.89. The molecule has 0 aliphatic heterocycles. The van der Waals surface area contributed by atoms with Crippen LogP contribution in [0.2, 0.25) is 0 Å². The Bertz CT molecular complexity index is 1180. The lowest BCUT2D eigenvalue weighted by Crippen LogP contribution is -2.01. The van der Waals surface area contributed by atoms with Crippen molar-refractivity contribution in [3.63, 3.8) is 0 Å². The lowest BCUT2D eigenvalue weighted by molar-refractivity contribution is 0.883. The number of aromatic amines is 1. The Labute approximate surface area is 164 Å². The molecule has 0 atom stereocenters. The summed E-state index contributed by atoms with van der Waals surface area (Å²) in [7, 11) is 0. The van der Waals surface area contributed by atoms with Gasteiger partial charge in [0, 0.05) is 18.1 Å². The van der Waals surface area contributed by atoms with E-state index in [1.54, 1.807) is 30.4 Å². The number of hydrogen-bond donors (Lipinski definition) is 1. The van der Waals surface area contributed by atoms with E-state index in [9.17, 15) is 0 Å². The molecule has 0 aliphatic rings. The van der Waals surface area contributed by atoms with Gasteiger partial charge in [0.1, 0.15) is 11.5 Å². The third kappa shape index (κ3) is 3.14. The van der Waals surface area contributed by atoms with Gasteiger partial charge in [-0.2, -0.15) is 0 Å². The zero-order chi connectivity index (χ0) is 18.8. The van der Waals surface area contributed by atoms with Gasteiger partial charge in [-0.1, -0.05) is 42.1 Å². The molecule has 7 nitrogen and oxygen atoms in total. The van der Waals surface area contributed by atoms with Crippen LogP contribution in [0.1, 0.15) is 5.82 Å². The van der Waals surface area contributed by atoms with E-state index in [1.807, 2.05) is 59.2 Å². The first-order chi connectivity index (χ1) is 13.9. The summed E-state index contributed by atoms with van der Waals surface area (Å²) in [4.78, 5) is 16.5. The zero-order valence-corrected chi connectivity index (χ0v) is 15.5. The Morgan fingerprint density at radius 2 is 1.79 bits per heavy atom. The molecule has 3 heterocycles. The molecule has 0 unspecified atom stereocenters. The number of imidazole rings is 1. The second kappa shape index (κ2) is 7.24. The first-order valence-electron chi connectivity index (χ1n) is 8.72. The summed E-state index contributed by atoms with van der Waals surface area (Å²) in [6, 6.07) is 18.0.